The van der Waals surface area contributed by atoms with E-state index in [9.17, 15) is 9.59 Å². The third kappa shape index (κ3) is 1.98. The fourth-order valence-electron chi connectivity index (χ4n) is 1.45. The predicted octanol–water partition coefficient (Wildman–Crippen LogP) is 1.17. The number of nitrogens with zero attached hydrogens (tertiary/aromatic N) is 1. The highest BCUT2D eigenvalue weighted by Crippen LogP contribution is 2.15. The maximum atomic E-state index is 11.3. The van der Waals surface area contributed by atoms with E-state index in [1.807, 2.05) is 0 Å². The average molecular weight is 221 g/mol. The first-order chi connectivity index (χ1) is 7.70. The van der Waals surface area contributed by atoms with Gasteiger partial charge in [-0.05, 0) is 17.7 Å². The van der Waals surface area contributed by atoms with Gasteiger partial charge in [-0.25, -0.2) is 9.69 Å². The number of ether oxygens (including phenoxy) is 2. The molecule has 2 amide bonds. The molecule has 5 heteroatoms. The molecule has 0 atom stereocenters. The van der Waals surface area contributed by atoms with E-state index in [1.54, 1.807) is 31.4 Å². The zero-order valence-electron chi connectivity index (χ0n) is 8.80. The van der Waals surface area contributed by atoms with Crippen LogP contribution < -0.4 is 4.74 Å². The molecule has 1 fully saturated rings. The van der Waals surface area contributed by atoms with Gasteiger partial charge in [0.1, 0.15) is 5.75 Å². The summed E-state index contributed by atoms with van der Waals surface area (Å²) in [6, 6.07) is 7.16. The number of carbonyl (C=O) groups is 2. The number of methoxy groups -OCH3 is 1. The van der Waals surface area contributed by atoms with Gasteiger partial charge in [-0.3, -0.25) is 4.79 Å². The first kappa shape index (κ1) is 10.5. The minimum absolute atomic E-state index is 0.158. The van der Waals surface area contributed by atoms with Gasteiger partial charge < -0.3 is 9.47 Å². The zero-order chi connectivity index (χ0) is 11.5. The van der Waals surface area contributed by atoms with Crippen molar-refractivity contribution in [2.24, 2.45) is 0 Å². The number of hydrogen-bond acceptors (Lipinski definition) is 4. The molecule has 0 saturated carbocycles. The third-order valence-electron chi connectivity index (χ3n) is 2.34. The standard InChI is InChI=1S/C11H11NO4/c1-15-9-4-2-8(3-5-9)6-12-10(13)7-16-11(12)14/h2-5H,6-7H2,1H3. The summed E-state index contributed by atoms with van der Waals surface area (Å²) in [5, 5.41) is 0. The van der Waals surface area contributed by atoms with Gasteiger partial charge in [-0.2, -0.15) is 0 Å². The Bertz CT molecular complexity index is 396. The third-order valence-corrected chi connectivity index (χ3v) is 2.34. The lowest BCUT2D eigenvalue weighted by atomic mass is 10.2. The van der Waals surface area contributed by atoms with Crippen molar-refractivity contribution in [3.05, 3.63) is 29.8 Å². The van der Waals surface area contributed by atoms with Gasteiger partial charge in [0.2, 0.25) is 0 Å². The molecule has 1 aliphatic heterocycles. The Morgan fingerprint density at radius 3 is 2.50 bits per heavy atom. The van der Waals surface area contributed by atoms with Crippen molar-refractivity contribution in [1.29, 1.82) is 0 Å². The lowest BCUT2D eigenvalue weighted by Gasteiger charge is -2.10. The van der Waals surface area contributed by atoms with Crippen molar-refractivity contribution in [3.8, 4) is 5.75 Å². The molecule has 2 rings (SSSR count). The largest absolute Gasteiger partial charge is 0.497 e. The highest BCUT2D eigenvalue weighted by Gasteiger charge is 2.30. The average Bonchev–Trinajstić information content (AvgIpc) is 2.62. The Balaban J connectivity index is 2.08. The highest BCUT2D eigenvalue weighted by molar-refractivity contribution is 5.97. The molecule has 0 unspecified atom stereocenters. The van der Waals surface area contributed by atoms with Crippen LogP contribution >= 0.6 is 0 Å². The van der Waals surface area contributed by atoms with Crippen LogP contribution in [0.25, 0.3) is 0 Å². The molecule has 1 saturated heterocycles. The van der Waals surface area contributed by atoms with Crippen molar-refractivity contribution in [3.63, 3.8) is 0 Å². The number of carbonyl (C=O) groups excluding carboxylic acids is 2. The second kappa shape index (κ2) is 4.22. The minimum Gasteiger partial charge on any atom is -0.497 e. The SMILES string of the molecule is COc1ccc(CN2C(=O)COC2=O)cc1. The summed E-state index contributed by atoms with van der Waals surface area (Å²) in [6.07, 6.45) is -0.583. The topological polar surface area (TPSA) is 55.8 Å². The van der Waals surface area contributed by atoms with E-state index in [0.29, 0.717) is 0 Å². The Labute approximate surface area is 92.6 Å². The molecule has 0 aromatic heterocycles. The molecule has 1 aromatic rings. The maximum Gasteiger partial charge on any atom is 0.417 e. The predicted molar refractivity (Wildman–Crippen MR) is 54.9 cm³/mol. The molecular formula is C11H11NO4. The van der Waals surface area contributed by atoms with Gasteiger partial charge in [-0.15, -0.1) is 0 Å². The maximum absolute atomic E-state index is 11.3. The van der Waals surface area contributed by atoms with Crippen molar-refractivity contribution in [2.75, 3.05) is 13.7 Å². The smallest absolute Gasteiger partial charge is 0.417 e. The molecule has 0 spiro atoms. The number of benzene rings is 1. The summed E-state index contributed by atoms with van der Waals surface area (Å²) in [4.78, 5) is 23.5. The Kier molecular flexibility index (Phi) is 2.76. The van der Waals surface area contributed by atoms with Crippen LogP contribution in [0.1, 0.15) is 5.56 Å². The molecule has 0 bridgehead atoms. The van der Waals surface area contributed by atoms with Gasteiger partial charge in [-0.1, -0.05) is 12.1 Å². The van der Waals surface area contributed by atoms with Crippen LogP contribution in [0.5, 0.6) is 5.75 Å². The molecule has 0 N–H and O–H groups in total. The fourth-order valence-corrected chi connectivity index (χ4v) is 1.45. The molecule has 0 radical (unpaired) electrons. The van der Waals surface area contributed by atoms with Crippen LogP contribution in [0.2, 0.25) is 0 Å². The Morgan fingerprint density at radius 2 is 2.00 bits per heavy atom. The van der Waals surface area contributed by atoms with Gasteiger partial charge in [0.25, 0.3) is 5.91 Å². The quantitative estimate of drug-likeness (QED) is 0.768. The monoisotopic (exact) mass is 221 g/mol. The molecule has 84 valence electrons. The molecule has 5 nitrogen and oxygen atoms in total. The van der Waals surface area contributed by atoms with E-state index in [1.165, 1.54) is 0 Å². The van der Waals surface area contributed by atoms with Gasteiger partial charge in [0, 0.05) is 0 Å². The summed E-state index contributed by atoms with van der Waals surface area (Å²) < 4.78 is 9.62. The van der Waals surface area contributed by atoms with Gasteiger partial charge in [0.15, 0.2) is 6.61 Å². The molecule has 0 aliphatic carbocycles. The minimum atomic E-state index is -0.583. The second-order valence-corrected chi connectivity index (χ2v) is 3.38. The Hall–Kier alpha value is -2.04. The van der Waals surface area contributed by atoms with Crippen molar-refractivity contribution in [1.82, 2.24) is 4.90 Å². The number of imide groups is 1. The van der Waals surface area contributed by atoms with E-state index in [4.69, 9.17) is 4.74 Å². The first-order valence-corrected chi connectivity index (χ1v) is 4.81. The summed E-state index contributed by atoms with van der Waals surface area (Å²) in [5.74, 6) is 0.430. The van der Waals surface area contributed by atoms with Crippen LogP contribution in [-0.2, 0) is 16.1 Å². The van der Waals surface area contributed by atoms with Crippen molar-refractivity contribution in [2.45, 2.75) is 6.54 Å². The first-order valence-electron chi connectivity index (χ1n) is 4.81. The molecule has 1 aliphatic rings. The normalized spacial score (nSPS) is 15.2. The molecule has 1 heterocycles. The van der Waals surface area contributed by atoms with Crippen molar-refractivity contribution >= 4 is 12.0 Å². The van der Waals surface area contributed by atoms with Crippen LogP contribution in [0.4, 0.5) is 4.79 Å². The van der Waals surface area contributed by atoms with Crippen molar-refractivity contribution < 1.29 is 19.1 Å². The van der Waals surface area contributed by atoms with E-state index >= 15 is 0 Å². The van der Waals surface area contributed by atoms with E-state index in [-0.39, 0.29) is 19.1 Å². The van der Waals surface area contributed by atoms with Crippen LogP contribution in [0.15, 0.2) is 24.3 Å². The van der Waals surface area contributed by atoms with Gasteiger partial charge in [0.05, 0.1) is 13.7 Å². The van der Waals surface area contributed by atoms with E-state index < -0.39 is 6.09 Å². The Morgan fingerprint density at radius 1 is 1.31 bits per heavy atom. The second-order valence-electron chi connectivity index (χ2n) is 3.38. The number of cyclic esters (lactones) is 1. The number of hydrogen-bond donors (Lipinski definition) is 0. The highest BCUT2D eigenvalue weighted by atomic mass is 16.6. The summed E-state index contributed by atoms with van der Waals surface area (Å²) in [6.45, 7) is 0.0800. The van der Waals surface area contributed by atoms with E-state index in [0.717, 1.165) is 16.2 Å². The van der Waals surface area contributed by atoms with Crippen LogP contribution in [0.3, 0.4) is 0 Å². The summed E-state index contributed by atoms with van der Waals surface area (Å²) in [5.41, 5.74) is 0.855. The molecule has 1 aromatic carbocycles. The zero-order valence-corrected chi connectivity index (χ0v) is 8.80. The van der Waals surface area contributed by atoms with Crippen LogP contribution in [-0.4, -0.2) is 30.6 Å². The molecular weight excluding hydrogens is 210 g/mol. The number of amides is 2. The lowest BCUT2D eigenvalue weighted by Crippen LogP contribution is -2.28. The van der Waals surface area contributed by atoms with Crippen LogP contribution in [0, 0.1) is 0 Å². The molecule has 16 heavy (non-hydrogen) atoms. The lowest BCUT2D eigenvalue weighted by molar-refractivity contribution is -0.126. The summed E-state index contributed by atoms with van der Waals surface area (Å²) in [7, 11) is 1.58. The van der Waals surface area contributed by atoms with Gasteiger partial charge >= 0.3 is 6.09 Å². The van der Waals surface area contributed by atoms with E-state index in [2.05, 4.69) is 4.74 Å². The fraction of sp³-hybridized carbons (Fsp3) is 0.273. The number of rotatable bonds is 3. The summed E-state index contributed by atoms with van der Waals surface area (Å²) >= 11 is 0.